The number of pyridine rings is 1. The van der Waals surface area contributed by atoms with Crippen molar-refractivity contribution in [2.24, 2.45) is 0 Å². The first-order valence-electron chi connectivity index (χ1n) is 7.76. The largest absolute Gasteiger partial charge is 0.367 e. The zero-order chi connectivity index (χ0) is 16.9. The Hall–Kier alpha value is -1.98. The van der Waals surface area contributed by atoms with E-state index in [-0.39, 0.29) is 6.03 Å². The summed E-state index contributed by atoms with van der Waals surface area (Å²) < 4.78 is 0. The van der Waals surface area contributed by atoms with E-state index < -0.39 is 0 Å². The lowest BCUT2D eigenvalue weighted by atomic mass is 10.2. The van der Waals surface area contributed by atoms with Gasteiger partial charge in [0.15, 0.2) is 0 Å². The first kappa shape index (κ1) is 16.9. The number of benzene rings is 1. The molecule has 1 aromatic carbocycles. The van der Waals surface area contributed by atoms with Crippen molar-refractivity contribution in [3.05, 3.63) is 58.3 Å². The van der Waals surface area contributed by atoms with Crippen LogP contribution in [-0.4, -0.2) is 42.1 Å². The minimum atomic E-state index is -0.0718. The molecule has 1 fully saturated rings. The third-order valence-electron chi connectivity index (χ3n) is 3.96. The number of piperazine rings is 1. The molecular weight excluding hydrogens is 347 g/mol. The predicted octanol–water partition coefficient (Wildman–Crippen LogP) is 3.42. The summed E-state index contributed by atoms with van der Waals surface area (Å²) in [5.41, 5.74) is 1.76. The number of rotatable bonds is 3. The van der Waals surface area contributed by atoms with Crippen LogP contribution in [-0.2, 0) is 6.54 Å². The molecule has 24 heavy (non-hydrogen) atoms. The van der Waals surface area contributed by atoms with Crippen molar-refractivity contribution in [1.29, 1.82) is 0 Å². The van der Waals surface area contributed by atoms with E-state index in [9.17, 15) is 4.79 Å². The zero-order valence-electron chi connectivity index (χ0n) is 13.1. The highest BCUT2D eigenvalue weighted by Crippen LogP contribution is 2.29. The molecule has 2 heterocycles. The number of anilines is 1. The van der Waals surface area contributed by atoms with E-state index in [2.05, 4.69) is 15.2 Å². The third kappa shape index (κ3) is 4.10. The summed E-state index contributed by atoms with van der Waals surface area (Å²) in [6, 6.07) is 11.0. The van der Waals surface area contributed by atoms with Gasteiger partial charge in [-0.25, -0.2) is 4.79 Å². The van der Waals surface area contributed by atoms with E-state index in [0.717, 1.165) is 24.5 Å². The first-order valence-corrected chi connectivity index (χ1v) is 8.52. The van der Waals surface area contributed by atoms with Crippen LogP contribution >= 0.6 is 23.2 Å². The smallest absolute Gasteiger partial charge is 0.317 e. The van der Waals surface area contributed by atoms with Gasteiger partial charge in [-0.05, 0) is 30.3 Å². The van der Waals surface area contributed by atoms with Crippen molar-refractivity contribution in [2.45, 2.75) is 6.54 Å². The molecule has 0 bridgehead atoms. The Morgan fingerprint density at radius 1 is 1.12 bits per heavy atom. The fourth-order valence-electron chi connectivity index (χ4n) is 2.66. The van der Waals surface area contributed by atoms with Crippen LogP contribution in [0.2, 0.25) is 10.0 Å². The summed E-state index contributed by atoms with van der Waals surface area (Å²) in [4.78, 5) is 20.4. The number of nitrogens with one attached hydrogen (secondary N) is 1. The molecule has 1 aliphatic heterocycles. The number of carbonyl (C=O) groups excluding carboxylic acids is 1. The van der Waals surface area contributed by atoms with Crippen molar-refractivity contribution in [1.82, 2.24) is 15.2 Å². The lowest BCUT2D eigenvalue weighted by molar-refractivity contribution is 0.194. The Morgan fingerprint density at radius 2 is 1.92 bits per heavy atom. The molecule has 1 saturated heterocycles. The Bertz CT molecular complexity index is 703. The van der Waals surface area contributed by atoms with Gasteiger partial charge in [-0.2, -0.15) is 0 Å². The highest BCUT2D eigenvalue weighted by Gasteiger charge is 2.22. The molecule has 7 heteroatoms. The summed E-state index contributed by atoms with van der Waals surface area (Å²) >= 11 is 12.3. The van der Waals surface area contributed by atoms with Crippen LogP contribution in [0.25, 0.3) is 0 Å². The SMILES string of the molecule is O=C(NCc1ccccn1)N1CCN(c2cc(Cl)ccc2Cl)CC1. The van der Waals surface area contributed by atoms with Gasteiger partial charge >= 0.3 is 6.03 Å². The number of hydrogen-bond acceptors (Lipinski definition) is 3. The molecule has 0 spiro atoms. The van der Waals surface area contributed by atoms with Crippen LogP contribution < -0.4 is 10.2 Å². The molecule has 3 rings (SSSR count). The van der Waals surface area contributed by atoms with E-state index in [0.29, 0.717) is 29.7 Å². The molecule has 1 aliphatic rings. The fraction of sp³-hybridized carbons (Fsp3) is 0.294. The van der Waals surface area contributed by atoms with E-state index in [1.54, 1.807) is 23.2 Å². The van der Waals surface area contributed by atoms with E-state index in [1.807, 2.05) is 24.3 Å². The highest BCUT2D eigenvalue weighted by molar-refractivity contribution is 6.35. The van der Waals surface area contributed by atoms with Crippen LogP contribution in [0.1, 0.15) is 5.69 Å². The Morgan fingerprint density at radius 3 is 2.62 bits per heavy atom. The van der Waals surface area contributed by atoms with Gasteiger partial charge in [-0.15, -0.1) is 0 Å². The van der Waals surface area contributed by atoms with E-state index in [4.69, 9.17) is 23.2 Å². The minimum absolute atomic E-state index is 0.0718. The fourth-order valence-corrected chi connectivity index (χ4v) is 3.06. The lowest BCUT2D eigenvalue weighted by Crippen LogP contribution is -2.51. The van der Waals surface area contributed by atoms with Crippen molar-refractivity contribution < 1.29 is 4.79 Å². The molecule has 0 aliphatic carbocycles. The van der Waals surface area contributed by atoms with Gasteiger partial charge in [-0.1, -0.05) is 29.3 Å². The molecule has 2 aromatic rings. The van der Waals surface area contributed by atoms with Gasteiger partial charge in [0.25, 0.3) is 0 Å². The predicted molar refractivity (Wildman–Crippen MR) is 96.7 cm³/mol. The van der Waals surface area contributed by atoms with Crippen molar-refractivity contribution in [3.63, 3.8) is 0 Å². The van der Waals surface area contributed by atoms with Crippen molar-refractivity contribution in [2.75, 3.05) is 31.1 Å². The zero-order valence-corrected chi connectivity index (χ0v) is 14.6. The molecule has 0 unspecified atom stereocenters. The van der Waals surface area contributed by atoms with Crippen molar-refractivity contribution >= 4 is 34.9 Å². The van der Waals surface area contributed by atoms with Gasteiger partial charge in [0, 0.05) is 37.4 Å². The van der Waals surface area contributed by atoms with Gasteiger partial charge in [-0.3, -0.25) is 4.98 Å². The Balaban J connectivity index is 1.53. The molecule has 1 N–H and O–H groups in total. The number of carbonyl (C=O) groups is 1. The van der Waals surface area contributed by atoms with Crippen LogP contribution in [0, 0.1) is 0 Å². The third-order valence-corrected chi connectivity index (χ3v) is 4.52. The number of amides is 2. The van der Waals surface area contributed by atoms with Gasteiger partial charge in [0.2, 0.25) is 0 Å². The second-order valence-electron chi connectivity index (χ2n) is 5.55. The summed E-state index contributed by atoms with van der Waals surface area (Å²) in [6.45, 7) is 3.14. The molecule has 0 atom stereocenters. The summed E-state index contributed by atoms with van der Waals surface area (Å²) in [5.74, 6) is 0. The topological polar surface area (TPSA) is 48.5 Å². The number of hydrogen-bond donors (Lipinski definition) is 1. The average Bonchev–Trinajstić information content (AvgIpc) is 2.63. The minimum Gasteiger partial charge on any atom is -0.367 e. The average molecular weight is 365 g/mol. The second kappa shape index (κ2) is 7.73. The number of urea groups is 1. The van der Waals surface area contributed by atoms with Crippen LogP contribution in [0.3, 0.4) is 0 Å². The number of halogens is 2. The summed E-state index contributed by atoms with van der Waals surface area (Å²) in [7, 11) is 0. The molecule has 0 saturated carbocycles. The molecular formula is C17H18Cl2N4O. The normalized spacial score (nSPS) is 14.6. The van der Waals surface area contributed by atoms with Gasteiger partial charge in [0.05, 0.1) is 22.9 Å². The molecule has 1 aromatic heterocycles. The summed E-state index contributed by atoms with van der Waals surface area (Å²) in [5, 5.41) is 4.23. The number of nitrogens with zero attached hydrogens (tertiary/aromatic N) is 3. The molecule has 2 amide bonds. The van der Waals surface area contributed by atoms with Crippen LogP contribution in [0.15, 0.2) is 42.6 Å². The van der Waals surface area contributed by atoms with E-state index in [1.165, 1.54) is 0 Å². The van der Waals surface area contributed by atoms with E-state index >= 15 is 0 Å². The standard InChI is InChI=1S/C17H18Cl2N4O/c18-13-4-5-15(19)16(11-13)22-7-9-23(10-8-22)17(24)21-12-14-3-1-2-6-20-14/h1-6,11H,7-10,12H2,(H,21,24). The maximum absolute atomic E-state index is 12.3. The highest BCUT2D eigenvalue weighted by atomic mass is 35.5. The Kier molecular flexibility index (Phi) is 5.43. The molecule has 5 nitrogen and oxygen atoms in total. The lowest BCUT2D eigenvalue weighted by Gasteiger charge is -2.36. The first-order chi connectivity index (χ1) is 11.6. The van der Waals surface area contributed by atoms with Crippen LogP contribution in [0.4, 0.5) is 10.5 Å². The van der Waals surface area contributed by atoms with Crippen LogP contribution in [0.5, 0.6) is 0 Å². The summed E-state index contributed by atoms with van der Waals surface area (Å²) in [6.07, 6.45) is 1.72. The van der Waals surface area contributed by atoms with Crippen molar-refractivity contribution in [3.8, 4) is 0 Å². The monoisotopic (exact) mass is 364 g/mol. The van der Waals surface area contributed by atoms with Gasteiger partial charge < -0.3 is 15.1 Å². The van der Waals surface area contributed by atoms with Gasteiger partial charge in [0.1, 0.15) is 0 Å². The molecule has 0 radical (unpaired) electrons. The quantitative estimate of drug-likeness (QED) is 0.907. The maximum Gasteiger partial charge on any atom is 0.317 e. The number of aromatic nitrogens is 1. The second-order valence-corrected chi connectivity index (χ2v) is 6.39. The Labute approximate surface area is 151 Å². The maximum atomic E-state index is 12.3. The molecule has 126 valence electrons.